The summed E-state index contributed by atoms with van der Waals surface area (Å²) in [6.45, 7) is 2.82. The van der Waals surface area contributed by atoms with Crippen LogP contribution in [0, 0.1) is 0 Å². The van der Waals surface area contributed by atoms with E-state index < -0.39 is 0 Å². The first kappa shape index (κ1) is 9.65. The van der Waals surface area contributed by atoms with Crippen LogP contribution in [0.25, 0.3) is 0 Å². The van der Waals surface area contributed by atoms with Crippen LogP contribution in [0.3, 0.4) is 0 Å². The van der Waals surface area contributed by atoms with Crippen molar-refractivity contribution in [1.29, 1.82) is 0 Å². The number of nitrogens with one attached hydrogen (secondary N) is 1. The van der Waals surface area contributed by atoms with Gasteiger partial charge in [-0.2, -0.15) is 0 Å². The fourth-order valence-electron chi connectivity index (χ4n) is 1.24. The van der Waals surface area contributed by atoms with Gasteiger partial charge >= 0.3 is 0 Å². The van der Waals surface area contributed by atoms with E-state index >= 15 is 0 Å². The summed E-state index contributed by atoms with van der Waals surface area (Å²) in [7, 11) is 0. The van der Waals surface area contributed by atoms with E-state index in [1.165, 1.54) is 8.66 Å². The minimum absolute atomic E-state index is 0.600. The summed E-state index contributed by atoms with van der Waals surface area (Å²) < 4.78 is 6.29. The molecule has 0 radical (unpaired) electrons. The molecular weight excluding hydrogens is 250 g/mol. The molecule has 0 aromatic carbocycles. The van der Waals surface area contributed by atoms with Gasteiger partial charge in [0.25, 0.3) is 0 Å². The molecule has 2 nitrogen and oxygen atoms in total. The first-order valence-corrected chi connectivity index (χ1v) is 6.01. The van der Waals surface area contributed by atoms with E-state index in [-0.39, 0.29) is 0 Å². The Balaban J connectivity index is 1.67. The van der Waals surface area contributed by atoms with Crippen molar-refractivity contribution >= 4 is 27.3 Å². The molecule has 1 aliphatic heterocycles. The van der Waals surface area contributed by atoms with Crippen LogP contribution in [-0.4, -0.2) is 25.8 Å². The van der Waals surface area contributed by atoms with Crippen molar-refractivity contribution in [2.75, 3.05) is 19.8 Å². The minimum atomic E-state index is 0.600. The highest BCUT2D eigenvalue weighted by atomic mass is 79.9. The van der Waals surface area contributed by atoms with Crippen molar-refractivity contribution in [2.24, 2.45) is 0 Å². The maximum Gasteiger partial charge on any atom is 0.0701 e. The first-order valence-electron chi connectivity index (χ1n) is 4.40. The van der Waals surface area contributed by atoms with E-state index in [0.717, 1.165) is 26.2 Å². The van der Waals surface area contributed by atoms with Gasteiger partial charge in [0, 0.05) is 11.4 Å². The second kappa shape index (κ2) is 4.55. The summed E-state index contributed by atoms with van der Waals surface area (Å²) in [5.41, 5.74) is 0. The Hall–Kier alpha value is 0.1000. The summed E-state index contributed by atoms with van der Waals surface area (Å²) in [4.78, 5) is 1.43. The Kier molecular flexibility index (Phi) is 3.38. The molecule has 1 aromatic rings. The lowest BCUT2D eigenvalue weighted by molar-refractivity contribution is -0.00465. The molecule has 2 heterocycles. The van der Waals surface area contributed by atoms with Crippen molar-refractivity contribution in [3.63, 3.8) is 0 Å². The highest BCUT2D eigenvalue weighted by Crippen LogP contribution is 2.22. The van der Waals surface area contributed by atoms with Crippen LogP contribution < -0.4 is 5.32 Å². The number of hydrogen-bond acceptors (Lipinski definition) is 3. The lowest BCUT2D eigenvalue weighted by atomic mass is 10.2. The second-order valence-corrected chi connectivity index (χ2v) is 5.69. The molecular formula is C9H12BrNOS. The predicted molar refractivity (Wildman–Crippen MR) is 58.3 cm³/mol. The predicted octanol–water partition coefficient (Wildman–Crippen LogP) is 2.04. The minimum Gasteiger partial charge on any atom is -0.378 e. The van der Waals surface area contributed by atoms with Gasteiger partial charge in [0.15, 0.2) is 0 Å². The summed E-state index contributed by atoms with van der Waals surface area (Å²) in [5.74, 6) is 0. The quantitative estimate of drug-likeness (QED) is 0.896. The third kappa shape index (κ3) is 2.77. The van der Waals surface area contributed by atoms with Gasteiger partial charge in [0.2, 0.25) is 0 Å². The standard InChI is InChI=1S/C9H12BrNOS/c10-9-2-1-8(13-9)3-4-11-7-5-12-6-7/h1-2,7,11H,3-6H2. The van der Waals surface area contributed by atoms with Crippen molar-refractivity contribution in [1.82, 2.24) is 5.32 Å². The zero-order chi connectivity index (χ0) is 9.10. The second-order valence-electron chi connectivity index (χ2n) is 3.14. The van der Waals surface area contributed by atoms with Crippen molar-refractivity contribution in [3.05, 3.63) is 20.8 Å². The molecule has 0 saturated carbocycles. The molecule has 4 heteroatoms. The first-order chi connectivity index (χ1) is 6.34. The maximum atomic E-state index is 5.07. The van der Waals surface area contributed by atoms with Crippen LogP contribution in [0.2, 0.25) is 0 Å². The molecule has 0 atom stereocenters. The van der Waals surface area contributed by atoms with Gasteiger partial charge in [-0.05, 0) is 34.5 Å². The zero-order valence-corrected chi connectivity index (χ0v) is 9.66. The Bertz CT molecular complexity index is 272. The van der Waals surface area contributed by atoms with Crippen molar-refractivity contribution in [2.45, 2.75) is 12.5 Å². The smallest absolute Gasteiger partial charge is 0.0701 e. The average molecular weight is 262 g/mol. The van der Waals surface area contributed by atoms with Crippen molar-refractivity contribution in [3.8, 4) is 0 Å². The highest BCUT2D eigenvalue weighted by molar-refractivity contribution is 9.11. The Labute approximate surface area is 90.4 Å². The monoisotopic (exact) mass is 261 g/mol. The van der Waals surface area contributed by atoms with Crippen molar-refractivity contribution < 1.29 is 4.74 Å². The molecule has 2 rings (SSSR count). The SMILES string of the molecule is Brc1ccc(CCNC2COC2)s1. The molecule has 1 saturated heterocycles. The van der Waals surface area contributed by atoms with Gasteiger partial charge in [-0.1, -0.05) is 0 Å². The molecule has 1 N–H and O–H groups in total. The fourth-order valence-corrected chi connectivity index (χ4v) is 2.72. The number of halogens is 1. The van der Waals surface area contributed by atoms with Crippen LogP contribution in [0.5, 0.6) is 0 Å². The van der Waals surface area contributed by atoms with Gasteiger partial charge in [-0.15, -0.1) is 11.3 Å². The lowest BCUT2D eigenvalue weighted by Gasteiger charge is -2.26. The number of ether oxygens (including phenoxy) is 1. The average Bonchev–Trinajstić information content (AvgIpc) is 2.42. The molecule has 1 aliphatic rings. The molecule has 0 aliphatic carbocycles. The van der Waals surface area contributed by atoms with E-state index in [9.17, 15) is 0 Å². The van der Waals surface area contributed by atoms with Gasteiger partial charge in [-0.3, -0.25) is 0 Å². The zero-order valence-electron chi connectivity index (χ0n) is 7.25. The van der Waals surface area contributed by atoms with E-state index in [1.807, 2.05) is 11.3 Å². The van der Waals surface area contributed by atoms with Crippen LogP contribution in [0.15, 0.2) is 15.9 Å². The van der Waals surface area contributed by atoms with Crippen LogP contribution in [0.4, 0.5) is 0 Å². The van der Waals surface area contributed by atoms with Gasteiger partial charge in [0.05, 0.1) is 23.0 Å². The van der Waals surface area contributed by atoms with E-state index in [0.29, 0.717) is 6.04 Å². The molecule has 0 bridgehead atoms. The van der Waals surface area contributed by atoms with Gasteiger partial charge in [0.1, 0.15) is 0 Å². The van der Waals surface area contributed by atoms with E-state index in [2.05, 4.69) is 33.4 Å². The summed E-state index contributed by atoms with van der Waals surface area (Å²) >= 11 is 5.27. The fraction of sp³-hybridized carbons (Fsp3) is 0.556. The van der Waals surface area contributed by atoms with Gasteiger partial charge < -0.3 is 10.1 Å². The van der Waals surface area contributed by atoms with E-state index in [4.69, 9.17) is 4.74 Å². The number of rotatable bonds is 4. The Morgan fingerprint density at radius 1 is 1.54 bits per heavy atom. The van der Waals surface area contributed by atoms with Crippen LogP contribution in [-0.2, 0) is 11.2 Å². The molecule has 0 amide bonds. The molecule has 1 fully saturated rings. The summed E-state index contributed by atoms with van der Waals surface area (Å²) in [6.07, 6.45) is 1.12. The molecule has 72 valence electrons. The third-order valence-corrected chi connectivity index (χ3v) is 3.75. The maximum absolute atomic E-state index is 5.07. The van der Waals surface area contributed by atoms with E-state index in [1.54, 1.807) is 0 Å². The number of hydrogen-bond donors (Lipinski definition) is 1. The molecule has 1 aromatic heterocycles. The summed E-state index contributed by atoms with van der Waals surface area (Å²) in [5, 5.41) is 3.44. The normalized spacial score (nSPS) is 17.3. The van der Waals surface area contributed by atoms with Gasteiger partial charge in [-0.25, -0.2) is 0 Å². The van der Waals surface area contributed by atoms with Crippen LogP contribution in [0.1, 0.15) is 4.88 Å². The number of thiophene rings is 1. The topological polar surface area (TPSA) is 21.3 Å². The molecule has 0 unspecified atom stereocenters. The third-order valence-electron chi connectivity index (χ3n) is 2.07. The largest absolute Gasteiger partial charge is 0.378 e. The molecule has 13 heavy (non-hydrogen) atoms. The Morgan fingerprint density at radius 2 is 2.38 bits per heavy atom. The highest BCUT2D eigenvalue weighted by Gasteiger charge is 2.16. The van der Waals surface area contributed by atoms with Crippen LogP contribution >= 0.6 is 27.3 Å². The Morgan fingerprint density at radius 3 is 2.92 bits per heavy atom. The molecule has 0 spiro atoms. The summed E-state index contributed by atoms with van der Waals surface area (Å²) in [6, 6.07) is 4.88. The lowest BCUT2D eigenvalue weighted by Crippen LogP contribution is -2.46.